The summed E-state index contributed by atoms with van der Waals surface area (Å²) in [5, 5.41) is 12.0. The number of carbonyl (C=O) groups excluding carboxylic acids is 1. The van der Waals surface area contributed by atoms with Crippen molar-refractivity contribution in [1.29, 1.82) is 5.26 Å². The quantitative estimate of drug-likeness (QED) is 0.440. The number of benzene rings is 1. The molecule has 0 spiro atoms. The van der Waals surface area contributed by atoms with Gasteiger partial charge in [0.05, 0.1) is 13.2 Å². The predicted octanol–water partition coefficient (Wildman–Crippen LogP) is 2.85. The van der Waals surface area contributed by atoms with Crippen LogP contribution in [0.1, 0.15) is 25.8 Å². The fraction of sp³-hybridized carbons (Fsp3) is 0.400. The Balaban J connectivity index is 2.01. The highest BCUT2D eigenvalue weighted by Gasteiger charge is 2.16. The smallest absolute Gasteiger partial charge is 0.261 e. The highest BCUT2D eigenvalue weighted by atomic mass is 16.5. The summed E-state index contributed by atoms with van der Waals surface area (Å²) in [6, 6.07) is 7.53. The fourth-order valence-corrected chi connectivity index (χ4v) is 2.46. The second-order valence-corrected chi connectivity index (χ2v) is 6.09. The van der Waals surface area contributed by atoms with Crippen LogP contribution in [0, 0.1) is 11.3 Å². The summed E-state index contributed by atoms with van der Waals surface area (Å²) in [6.07, 6.45) is 4.31. The largest absolute Gasteiger partial charge is 0.493 e. The number of carbonyl (C=O) groups is 1. The number of hydrogen-bond acceptors (Lipinski definition) is 5. The van der Waals surface area contributed by atoms with Gasteiger partial charge in [0.15, 0.2) is 11.5 Å². The lowest BCUT2D eigenvalue weighted by molar-refractivity contribution is -0.117. The van der Waals surface area contributed by atoms with E-state index in [2.05, 4.69) is 5.32 Å². The SMILES string of the molecule is COc1cccc2c1OCC(C=C(C#N)C(=O)NCCCOC(C)C)=C2. The zero-order valence-corrected chi connectivity index (χ0v) is 15.4. The molecule has 0 bridgehead atoms. The number of para-hydroxylation sites is 1. The molecule has 0 aromatic heterocycles. The van der Waals surface area contributed by atoms with E-state index in [-0.39, 0.29) is 18.3 Å². The van der Waals surface area contributed by atoms with Gasteiger partial charge in [0, 0.05) is 18.7 Å². The molecule has 1 aliphatic heterocycles. The Morgan fingerprint density at radius 1 is 1.46 bits per heavy atom. The first kappa shape index (κ1) is 19.5. The maximum Gasteiger partial charge on any atom is 0.261 e. The van der Waals surface area contributed by atoms with Crippen LogP contribution in [-0.2, 0) is 9.53 Å². The molecule has 0 radical (unpaired) electrons. The average molecular weight is 356 g/mol. The Hall–Kier alpha value is -2.78. The molecule has 1 aliphatic rings. The van der Waals surface area contributed by atoms with Gasteiger partial charge in [-0.3, -0.25) is 4.79 Å². The Kier molecular flexibility index (Phi) is 7.24. The molecule has 138 valence electrons. The molecule has 2 rings (SSSR count). The zero-order valence-electron chi connectivity index (χ0n) is 15.4. The van der Waals surface area contributed by atoms with Gasteiger partial charge in [-0.25, -0.2) is 0 Å². The number of ether oxygens (including phenoxy) is 3. The summed E-state index contributed by atoms with van der Waals surface area (Å²) in [7, 11) is 1.59. The van der Waals surface area contributed by atoms with Crippen LogP contribution >= 0.6 is 0 Å². The third-order valence-electron chi connectivity index (χ3n) is 3.71. The first-order valence-corrected chi connectivity index (χ1v) is 8.57. The maximum atomic E-state index is 12.2. The Bertz CT molecular complexity index is 745. The molecular formula is C20H24N2O4. The van der Waals surface area contributed by atoms with E-state index < -0.39 is 5.91 Å². The minimum absolute atomic E-state index is 0.0518. The van der Waals surface area contributed by atoms with Crippen molar-refractivity contribution in [2.24, 2.45) is 0 Å². The lowest BCUT2D eigenvalue weighted by Gasteiger charge is -2.18. The summed E-state index contributed by atoms with van der Waals surface area (Å²) in [5.41, 5.74) is 1.65. The molecule has 1 amide bonds. The summed E-state index contributed by atoms with van der Waals surface area (Å²) in [6.45, 7) is 5.22. The molecule has 0 atom stereocenters. The van der Waals surface area contributed by atoms with Crippen LogP contribution in [0.25, 0.3) is 6.08 Å². The van der Waals surface area contributed by atoms with E-state index in [0.717, 1.165) is 11.1 Å². The van der Waals surface area contributed by atoms with Crippen LogP contribution in [0.3, 0.4) is 0 Å². The molecule has 1 aromatic rings. The molecule has 0 fully saturated rings. The molecular weight excluding hydrogens is 332 g/mol. The van der Waals surface area contributed by atoms with Gasteiger partial charge in [-0.05, 0) is 44.1 Å². The molecule has 1 aromatic carbocycles. The normalized spacial score (nSPS) is 13.3. The van der Waals surface area contributed by atoms with Gasteiger partial charge in [0.1, 0.15) is 18.2 Å². The zero-order chi connectivity index (χ0) is 18.9. The molecule has 6 nitrogen and oxygen atoms in total. The van der Waals surface area contributed by atoms with Crippen LogP contribution in [-0.4, -0.2) is 38.9 Å². The van der Waals surface area contributed by atoms with Gasteiger partial charge in [-0.1, -0.05) is 12.1 Å². The molecule has 0 saturated heterocycles. The minimum Gasteiger partial charge on any atom is -0.493 e. The molecule has 0 unspecified atom stereocenters. The second kappa shape index (κ2) is 9.64. The molecule has 6 heteroatoms. The first-order valence-electron chi connectivity index (χ1n) is 8.57. The standard InChI is InChI=1S/C20H24N2O4/c1-14(2)25-9-5-8-22-20(23)17(12-21)11-15-10-16-6-4-7-18(24-3)19(16)26-13-15/h4,6-7,10-11,14H,5,8-9,13H2,1-3H3,(H,22,23). The Morgan fingerprint density at radius 3 is 2.96 bits per heavy atom. The third kappa shape index (κ3) is 5.36. The lowest BCUT2D eigenvalue weighted by Crippen LogP contribution is -2.27. The van der Waals surface area contributed by atoms with Gasteiger partial charge in [-0.2, -0.15) is 5.26 Å². The molecule has 1 heterocycles. The van der Waals surface area contributed by atoms with Crippen molar-refractivity contribution in [3.05, 3.63) is 41.0 Å². The number of fused-ring (bicyclic) bond motifs is 1. The van der Waals surface area contributed by atoms with Crippen molar-refractivity contribution < 1.29 is 19.0 Å². The van der Waals surface area contributed by atoms with Gasteiger partial charge in [0.2, 0.25) is 0 Å². The maximum absolute atomic E-state index is 12.2. The second-order valence-electron chi connectivity index (χ2n) is 6.09. The summed E-state index contributed by atoms with van der Waals surface area (Å²) in [4.78, 5) is 12.2. The van der Waals surface area contributed by atoms with Gasteiger partial charge in [-0.15, -0.1) is 0 Å². The number of hydrogen-bond donors (Lipinski definition) is 1. The van der Waals surface area contributed by atoms with E-state index in [9.17, 15) is 10.1 Å². The van der Waals surface area contributed by atoms with Crippen molar-refractivity contribution in [2.45, 2.75) is 26.4 Å². The number of nitrogens with one attached hydrogen (secondary N) is 1. The predicted molar refractivity (Wildman–Crippen MR) is 98.9 cm³/mol. The van der Waals surface area contributed by atoms with Crippen LogP contribution < -0.4 is 14.8 Å². The average Bonchev–Trinajstić information content (AvgIpc) is 2.64. The van der Waals surface area contributed by atoms with E-state index in [1.54, 1.807) is 13.2 Å². The van der Waals surface area contributed by atoms with E-state index in [1.807, 2.05) is 44.2 Å². The van der Waals surface area contributed by atoms with E-state index in [4.69, 9.17) is 14.2 Å². The van der Waals surface area contributed by atoms with Crippen LogP contribution in [0.4, 0.5) is 0 Å². The van der Waals surface area contributed by atoms with Gasteiger partial charge < -0.3 is 19.5 Å². The van der Waals surface area contributed by atoms with Crippen molar-refractivity contribution >= 4 is 12.0 Å². The van der Waals surface area contributed by atoms with Gasteiger partial charge in [0.25, 0.3) is 5.91 Å². The highest BCUT2D eigenvalue weighted by molar-refractivity contribution is 5.98. The number of methoxy groups -OCH3 is 1. The number of amides is 1. The Morgan fingerprint density at radius 2 is 2.27 bits per heavy atom. The summed E-state index contributed by atoms with van der Waals surface area (Å²) < 4.78 is 16.4. The number of rotatable bonds is 8. The lowest BCUT2D eigenvalue weighted by atomic mass is 10.0. The van der Waals surface area contributed by atoms with E-state index in [1.165, 1.54) is 0 Å². The third-order valence-corrected chi connectivity index (χ3v) is 3.71. The van der Waals surface area contributed by atoms with Crippen molar-refractivity contribution in [1.82, 2.24) is 5.32 Å². The van der Waals surface area contributed by atoms with Crippen LogP contribution in [0.15, 0.2) is 35.4 Å². The van der Waals surface area contributed by atoms with Crippen molar-refractivity contribution in [2.75, 3.05) is 26.9 Å². The molecule has 0 saturated carbocycles. The van der Waals surface area contributed by atoms with Crippen molar-refractivity contribution in [3.63, 3.8) is 0 Å². The fourth-order valence-electron chi connectivity index (χ4n) is 2.46. The monoisotopic (exact) mass is 356 g/mol. The van der Waals surface area contributed by atoms with Crippen LogP contribution in [0.5, 0.6) is 11.5 Å². The molecule has 1 N–H and O–H groups in total. The van der Waals surface area contributed by atoms with Crippen LogP contribution in [0.2, 0.25) is 0 Å². The van der Waals surface area contributed by atoms with Gasteiger partial charge >= 0.3 is 0 Å². The van der Waals surface area contributed by atoms with E-state index >= 15 is 0 Å². The van der Waals surface area contributed by atoms with E-state index in [0.29, 0.717) is 31.1 Å². The Labute approximate surface area is 154 Å². The summed E-state index contributed by atoms with van der Waals surface area (Å²) >= 11 is 0. The highest BCUT2D eigenvalue weighted by Crippen LogP contribution is 2.35. The summed E-state index contributed by atoms with van der Waals surface area (Å²) in [5.74, 6) is 0.929. The number of nitriles is 1. The molecule has 0 aliphatic carbocycles. The minimum atomic E-state index is -0.394. The van der Waals surface area contributed by atoms with Crippen molar-refractivity contribution in [3.8, 4) is 17.6 Å². The first-order chi connectivity index (χ1) is 12.5. The topological polar surface area (TPSA) is 80.6 Å². The molecule has 26 heavy (non-hydrogen) atoms. The number of nitrogens with zero attached hydrogens (tertiary/aromatic N) is 1.